The Morgan fingerprint density at radius 3 is 2.23 bits per heavy atom. The Morgan fingerprint density at radius 1 is 1.00 bits per heavy atom. The van der Waals surface area contributed by atoms with E-state index in [2.05, 4.69) is 36.6 Å². The van der Waals surface area contributed by atoms with E-state index in [1.807, 2.05) is 19.9 Å². The van der Waals surface area contributed by atoms with Gasteiger partial charge in [-0.1, -0.05) is 6.07 Å². The summed E-state index contributed by atoms with van der Waals surface area (Å²) in [5, 5.41) is 0. The second-order valence-electron chi connectivity index (χ2n) is 7.97. The summed E-state index contributed by atoms with van der Waals surface area (Å²) >= 11 is 0. The van der Waals surface area contributed by atoms with E-state index in [1.165, 1.54) is 18.2 Å². The molecular formula is C25H30N2O4. The van der Waals surface area contributed by atoms with Crippen molar-refractivity contribution in [2.24, 2.45) is 0 Å². The maximum Gasteiger partial charge on any atom is 0.340 e. The lowest BCUT2D eigenvalue weighted by Crippen LogP contribution is -2.28. The minimum absolute atomic E-state index is 0.217. The summed E-state index contributed by atoms with van der Waals surface area (Å²) < 4.78 is 12.3. The molecule has 0 spiro atoms. The number of amides is 1. The second kappa shape index (κ2) is 8.94. The lowest BCUT2D eigenvalue weighted by Gasteiger charge is -2.16. The normalized spacial score (nSPS) is 15.4. The Bertz CT molecular complexity index is 1080. The fourth-order valence-electron chi connectivity index (χ4n) is 4.25. The van der Waals surface area contributed by atoms with Crippen LogP contribution in [-0.2, 0) is 19.1 Å². The van der Waals surface area contributed by atoms with E-state index in [-0.39, 0.29) is 5.91 Å². The van der Waals surface area contributed by atoms with Crippen LogP contribution < -0.4 is 0 Å². The van der Waals surface area contributed by atoms with Crippen LogP contribution in [0, 0.1) is 27.7 Å². The molecule has 0 fully saturated rings. The van der Waals surface area contributed by atoms with Crippen molar-refractivity contribution in [3.63, 3.8) is 0 Å². The molecule has 2 aromatic rings. The van der Waals surface area contributed by atoms with Gasteiger partial charge in [0.15, 0.2) is 0 Å². The van der Waals surface area contributed by atoms with Crippen molar-refractivity contribution >= 4 is 18.0 Å². The molecule has 1 aromatic heterocycles. The van der Waals surface area contributed by atoms with Crippen molar-refractivity contribution in [3.05, 3.63) is 69.2 Å². The van der Waals surface area contributed by atoms with Gasteiger partial charge in [-0.15, -0.1) is 0 Å². The van der Waals surface area contributed by atoms with Crippen molar-refractivity contribution in [1.29, 1.82) is 0 Å². The van der Waals surface area contributed by atoms with Gasteiger partial charge in [0.05, 0.1) is 24.9 Å². The van der Waals surface area contributed by atoms with Crippen LogP contribution in [0.15, 0.2) is 41.1 Å². The lowest BCUT2D eigenvalue weighted by molar-refractivity contribution is -0.136. The largest absolute Gasteiger partial charge is 0.465 e. The number of carbonyl (C=O) groups is 2. The molecule has 6 heteroatoms. The number of rotatable bonds is 6. The fraction of sp³-hybridized carbons (Fsp3) is 0.360. The highest BCUT2D eigenvalue weighted by Crippen LogP contribution is 2.33. The van der Waals surface area contributed by atoms with Gasteiger partial charge in [0.1, 0.15) is 0 Å². The van der Waals surface area contributed by atoms with Gasteiger partial charge in [0, 0.05) is 36.4 Å². The average molecular weight is 423 g/mol. The first-order chi connectivity index (χ1) is 14.7. The van der Waals surface area contributed by atoms with Gasteiger partial charge in [-0.2, -0.15) is 0 Å². The van der Waals surface area contributed by atoms with Crippen LogP contribution in [0.25, 0.3) is 11.8 Å². The smallest absolute Gasteiger partial charge is 0.340 e. The molecule has 1 amide bonds. The third kappa shape index (κ3) is 4.21. The maximum atomic E-state index is 13.2. The quantitative estimate of drug-likeness (QED) is 0.521. The van der Waals surface area contributed by atoms with Gasteiger partial charge < -0.3 is 18.9 Å². The lowest BCUT2D eigenvalue weighted by atomic mass is 10.0. The first-order valence-corrected chi connectivity index (χ1v) is 10.3. The zero-order valence-corrected chi connectivity index (χ0v) is 19.3. The van der Waals surface area contributed by atoms with Crippen LogP contribution in [0.4, 0.5) is 0 Å². The Kier molecular flexibility index (Phi) is 6.51. The van der Waals surface area contributed by atoms with Gasteiger partial charge >= 0.3 is 5.97 Å². The van der Waals surface area contributed by atoms with Crippen LogP contribution >= 0.6 is 0 Å². The molecule has 0 N–H and O–H groups in total. The molecule has 0 aliphatic carbocycles. The van der Waals surface area contributed by atoms with E-state index in [0.29, 0.717) is 30.0 Å². The van der Waals surface area contributed by atoms with Crippen molar-refractivity contribution < 1.29 is 19.1 Å². The zero-order valence-electron chi connectivity index (χ0n) is 19.3. The summed E-state index contributed by atoms with van der Waals surface area (Å²) in [5.41, 5.74) is 7.64. The fourth-order valence-corrected chi connectivity index (χ4v) is 4.25. The molecule has 0 saturated heterocycles. The number of carbonyl (C=O) groups excluding carboxylic acids is 2. The number of allylic oxidation sites excluding steroid dienone is 1. The molecule has 31 heavy (non-hydrogen) atoms. The highest BCUT2D eigenvalue weighted by atomic mass is 16.5. The summed E-state index contributed by atoms with van der Waals surface area (Å²) in [6.45, 7) is 10.7. The number of methoxy groups -OCH3 is 2. The Labute approximate surface area is 183 Å². The molecule has 164 valence electrons. The molecule has 0 radical (unpaired) electrons. The van der Waals surface area contributed by atoms with Crippen LogP contribution in [0.5, 0.6) is 0 Å². The standard InChI is InChI=1S/C25H30N2O4/c1-15-10-16(2)12-21(11-15)27-17(3)13-20(18(27)4)14-22-23(25(29)31-7)19(5)26(24(22)28)8-9-30-6/h10-14H,8-9H2,1-7H3/b22-14-. The summed E-state index contributed by atoms with van der Waals surface area (Å²) in [6, 6.07) is 8.46. The van der Waals surface area contributed by atoms with Crippen molar-refractivity contribution in [1.82, 2.24) is 9.47 Å². The number of ether oxygens (including phenoxy) is 2. The third-order valence-corrected chi connectivity index (χ3v) is 5.65. The second-order valence-corrected chi connectivity index (χ2v) is 7.97. The maximum absolute atomic E-state index is 13.2. The van der Waals surface area contributed by atoms with Crippen LogP contribution in [0.2, 0.25) is 0 Å². The topological polar surface area (TPSA) is 60.8 Å². The number of aromatic nitrogens is 1. The number of nitrogens with zero attached hydrogens (tertiary/aromatic N) is 2. The minimum atomic E-state index is -0.514. The van der Waals surface area contributed by atoms with Gasteiger partial charge in [-0.25, -0.2) is 4.79 Å². The molecule has 1 aliphatic heterocycles. The monoisotopic (exact) mass is 422 g/mol. The van der Waals surface area contributed by atoms with Gasteiger partial charge in [0.2, 0.25) is 0 Å². The van der Waals surface area contributed by atoms with Crippen molar-refractivity contribution in [2.45, 2.75) is 34.6 Å². The summed E-state index contributed by atoms with van der Waals surface area (Å²) in [4.78, 5) is 27.2. The van der Waals surface area contributed by atoms with Gasteiger partial charge in [-0.05, 0) is 75.6 Å². The molecule has 1 aliphatic rings. The highest BCUT2D eigenvalue weighted by molar-refractivity contribution is 6.16. The number of esters is 1. The van der Waals surface area contributed by atoms with Crippen LogP contribution in [0.1, 0.15) is 35.0 Å². The summed E-state index contributed by atoms with van der Waals surface area (Å²) in [6.07, 6.45) is 1.80. The Hall–Kier alpha value is -3.12. The molecule has 2 heterocycles. The first-order valence-electron chi connectivity index (χ1n) is 10.3. The SMILES string of the molecule is COCCN1C(=O)/C(=C\c2cc(C)n(-c3cc(C)cc(C)c3)c2C)C(C(=O)OC)=C1C. The van der Waals surface area contributed by atoms with E-state index in [4.69, 9.17) is 9.47 Å². The van der Waals surface area contributed by atoms with Crippen molar-refractivity contribution in [3.8, 4) is 5.69 Å². The molecule has 0 saturated carbocycles. The molecule has 6 nitrogen and oxygen atoms in total. The Balaban J connectivity index is 2.12. The van der Waals surface area contributed by atoms with Crippen molar-refractivity contribution in [2.75, 3.05) is 27.4 Å². The molecular weight excluding hydrogens is 392 g/mol. The molecule has 0 unspecified atom stereocenters. The molecule has 0 bridgehead atoms. The molecule has 3 rings (SSSR count). The predicted octanol–water partition coefficient (Wildman–Crippen LogP) is 4.03. The number of aryl methyl sites for hydroxylation is 3. The third-order valence-electron chi connectivity index (χ3n) is 5.65. The average Bonchev–Trinajstić information content (AvgIpc) is 3.11. The number of hydrogen-bond donors (Lipinski definition) is 0. The zero-order chi connectivity index (χ0) is 22.9. The number of hydrogen-bond acceptors (Lipinski definition) is 4. The van der Waals surface area contributed by atoms with E-state index in [1.54, 1.807) is 25.0 Å². The molecule has 0 atom stereocenters. The van der Waals surface area contributed by atoms with E-state index >= 15 is 0 Å². The summed E-state index contributed by atoms with van der Waals surface area (Å²) in [5.74, 6) is -0.730. The van der Waals surface area contributed by atoms with E-state index in [0.717, 1.165) is 22.6 Å². The minimum Gasteiger partial charge on any atom is -0.465 e. The Morgan fingerprint density at radius 2 is 1.65 bits per heavy atom. The van der Waals surface area contributed by atoms with Crippen LogP contribution in [-0.4, -0.2) is 48.7 Å². The van der Waals surface area contributed by atoms with Crippen LogP contribution in [0.3, 0.4) is 0 Å². The highest BCUT2D eigenvalue weighted by Gasteiger charge is 2.37. The van der Waals surface area contributed by atoms with E-state index < -0.39 is 5.97 Å². The van der Waals surface area contributed by atoms with E-state index in [9.17, 15) is 9.59 Å². The molecule has 1 aromatic carbocycles. The predicted molar refractivity (Wildman–Crippen MR) is 121 cm³/mol. The van der Waals surface area contributed by atoms with Gasteiger partial charge in [-0.3, -0.25) is 4.79 Å². The van der Waals surface area contributed by atoms with Gasteiger partial charge in [0.25, 0.3) is 5.91 Å². The summed E-state index contributed by atoms with van der Waals surface area (Å²) in [7, 11) is 2.91. The number of benzene rings is 1. The first kappa shape index (κ1) is 22.6.